The van der Waals surface area contributed by atoms with Gasteiger partial charge in [-0.1, -0.05) is 17.7 Å². The summed E-state index contributed by atoms with van der Waals surface area (Å²) >= 11 is 7.64. The van der Waals surface area contributed by atoms with Crippen molar-refractivity contribution < 1.29 is 4.79 Å². The van der Waals surface area contributed by atoms with Gasteiger partial charge in [-0.05, 0) is 56.3 Å². The number of amides is 1. The second kappa shape index (κ2) is 8.02. The van der Waals surface area contributed by atoms with Crippen molar-refractivity contribution in [1.82, 2.24) is 14.5 Å². The summed E-state index contributed by atoms with van der Waals surface area (Å²) in [6.45, 7) is 7.07. The SMILES string of the molecule is Cc1ccc(C)n1-c1c(C(=O)N2CCN(c3cccc(Cl)c3)CC2)sc2ncccc12. The smallest absolute Gasteiger partial charge is 0.266 e. The number of aromatic nitrogens is 2. The van der Waals surface area contributed by atoms with E-state index in [-0.39, 0.29) is 5.91 Å². The van der Waals surface area contributed by atoms with Gasteiger partial charge in [0.2, 0.25) is 0 Å². The Hall–Kier alpha value is -2.83. The van der Waals surface area contributed by atoms with Gasteiger partial charge in [-0.15, -0.1) is 11.3 Å². The number of halogens is 1. The number of piperazine rings is 1. The maximum atomic E-state index is 13.7. The van der Waals surface area contributed by atoms with E-state index in [1.807, 2.05) is 29.2 Å². The summed E-state index contributed by atoms with van der Waals surface area (Å²) in [5.74, 6) is 0.0799. The fraction of sp³-hybridized carbons (Fsp3) is 0.250. The van der Waals surface area contributed by atoms with Crippen LogP contribution in [0.5, 0.6) is 0 Å². The summed E-state index contributed by atoms with van der Waals surface area (Å²) in [4.78, 5) is 24.1. The highest BCUT2D eigenvalue weighted by molar-refractivity contribution is 7.21. The number of carbonyl (C=O) groups is 1. The lowest BCUT2D eigenvalue weighted by molar-refractivity contribution is 0.0751. The number of hydrogen-bond acceptors (Lipinski definition) is 4. The van der Waals surface area contributed by atoms with E-state index in [4.69, 9.17) is 11.6 Å². The second-order valence-electron chi connectivity index (χ2n) is 7.85. The van der Waals surface area contributed by atoms with Crippen molar-refractivity contribution in [1.29, 1.82) is 0 Å². The highest BCUT2D eigenvalue weighted by Crippen LogP contribution is 2.36. The summed E-state index contributed by atoms with van der Waals surface area (Å²) in [6, 6.07) is 16.1. The molecule has 0 atom stereocenters. The number of rotatable bonds is 3. The van der Waals surface area contributed by atoms with Crippen molar-refractivity contribution >= 4 is 44.7 Å². The summed E-state index contributed by atoms with van der Waals surface area (Å²) in [7, 11) is 0. The molecule has 0 saturated carbocycles. The highest BCUT2D eigenvalue weighted by Gasteiger charge is 2.28. The largest absolute Gasteiger partial charge is 0.368 e. The Morgan fingerprint density at radius 3 is 2.45 bits per heavy atom. The van der Waals surface area contributed by atoms with E-state index < -0.39 is 0 Å². The number of nitrogens with zero attached hydrogens (tertiary/aromatic N) is 4. The Morgan fingerprint density at radius 2 is 1.74 bits per heavy atom. The van der Waals surface area contributed by atoms with Gasteiger partial charge < -0.3 is 14.4 Å². The van der Waals surface area contributed by atoms with Gasteiger partial charge in [0, 0.05) is 59.9 Å². The van der Waals surface area contributed by atoms with Crippen molar-refractivity contribution in [3.63, 3.8) is 0 Å². The Morgan fingerprint density at radius 1 is 1.00 bits per heavy atom. The molecule has 1 amide bonds. The van der Waals surface area contributed by atoms with Crippen LogP contribution in [0.4, 0.5) is 5.69 Å². The van der Waals surface area contributed by atoms with Gasteiger partial charge in [0.15, 0.2) is 0 Å². The predicted octanol–water partition coefficient (Wildman–Crippen LogP) is 5.32. The van der Waals surface area contributed by atoms with Crippen LogP contribution in [0.25, 0.3) is 15.9 Å². The van der Waals surface area contributed by atoms with Crippen molar-refractivity contribution in [3.05, 3.63) is 76.0 Å². The fourth-order valence-electron chi connectivity index (χ4n) is 4.29. The average Bonchev–Trinajstić information content (AvgIpc) is 3.32. The molecule has 1 aliphatic heterocycles. The quantitative estimate of drug-likeness (QED) is 0.424. The standard InChI is InChI=1S/C24H23ClN4OS/c1-16-8-9-17(2)29(16)21-20-7-4-10-26-23(20)31-22(21)24(30)28-13-11-27(12-14-28)19-6-3-5-18(25)15-19/h3-10,15H,11-14H2,1-2H3. The van der Waals surface area contributed by atoms with Crippen LogP contribution in [0.2, 0.25) is 5.02 Å². The van der Waals surface area contributed by atoms with Gasteiger partial charge in [0.1, 0.15) is 9.71 Å². The van der Waals surface area contributed by atoms with E-state index in [9.17, 15) is 4.79 Å². The fourth-order valence-corrected chi connectivity index (χ4v) is 5.57. The van der Waals surface area contributed by atoms with Crippen LogP contribution in [0.3, 0.4) is 0 Å². The zero-order valence-corrected chi connectivity index (χ0v) is 19.1. The van der Waals surface area contributed by atoms with Crippen LogP contribution >= 0.6 is 22.9 Å². The molecular formula is C24H23ClN4OS. The number of fused-ring (bicyclic) bond motifs is 1. The average molecular weight is 451 g/mol. The molecule has 31 heavy (non-hydrogen) atoms. The lowest BCUT2D eigenvalue weighted by Gasteiger charge is -2.36. The molecule has 4 aromatic rings. The number of benzene rings is 1. The normalized spacial score (nSPS) is 14.4. The molecule has 5 nitrogen and oxygen atoms in total. The lowest BCUT2D eigenvalue weighted by atomic mass is 10.2. The third-order valence-corrected chi connectivity index (χ3v) is 7.20. The maximum Gasteiger partial charge on any atom is 0.266 e. The molecule has 1 saturated heterocycles. The van der Waals surface area contributed by atoms with Crippen molar-refractivity contribution in [3.8, 4) is 5.69 Å². The first-order valence-electron chi connectivity index (χ1n) is 10.4. The number of hydrogen-bond donors (Lipinski definition) is 0. The van der Waals surface area contributed by atoms with Gasteiger partial charge in [0.25, 0.3) is 5.91 Å². The molecule has 0 N–H and O–H groups in total. The summed E-state index contributed by atoms with van der Waals surface area (Å²) in [5.41, 5.74) is 4.28. The monoisotopic (exact) mass is 450 g/mol. The van der Waals surface area contributed by atoms with Crippen molar-refractivity contribution in [2.75, 3.05) is 31.1 Å². The molecule has 0 unspecified atom stereocenters. The minimum atomic E-state index is 0.0799. The van der Waals surface area contributed by atoms with Gasteiger partial charge >= 0.3 is 0 Å². The topological polar surface area (TPSA) is 41.4 Å². The summed E-state index contributed by atoms with van der Waals surface area (Å²) in [5, 5.41) is 1.76. The van der Waals surface area contributed by atoms with Crippen molar-refractivity contribution in [2.24, 2.45) is 0 Å². The molecule has 0 spiro atoms. The second-order valence-corrected chi connectivity index (χ2v) is 9.28. The molecule has 0 bridgehead atoms. The Bertz CT molecular complexity index is 1250. The predicted molar refractivity (Wildman–Crippen MR) is 128 cm³/mol. The first-order chi connectivity index (χ1) is 15.0. The Balaban J connectivity index is 1.47. The summed E-state index contributed by atoms with van der Waals surface area (Å²) < 4.78 is 2.18. The molecule has 1 fully saturated rings. The molecule has 158 valence electrons. The third-order valence-electron chi connectivity index (χ3n) is 5.87. The van der Waals surface area contributed by atoms with Crippen LogP contribution in [0, 0.1) is 13.8 Å². The Labute approximate surface area is 190 Å². The van der Waals surface area contributed by atoms with E-state index in [2.05, 4.69) is 52.6 Å². The van der Waals surface area contributed by atoms with Crippen molar-refractivity contribution in [2.45, 2.75) is 13.8 Å². The number of pyridine rings is 1. The van der Waals surface area contributed by atoms with Gasteiger partial charge in [-0.25, -0.2) is 4.98 Å². The first kappa shape index (κ1) is 20.1. The minimum Gasteiger partial charge on any atom is -0.368 e. The molecule has 7 heteroatoms. The number of thiophene rings is 1. The van der Waals surface area contributed by atoms with E-state index >= 15 is 0 Å². The van der Waals surface area contributed by atoms with Crippen LogP contribution in [0.15, 0.2) is 54.7 Å². The van der Waals surface area contributed by atoms with Crippen LogP contribution < -0.4 is 4.90 Å². The van der Waals surface area contributed by atoms with E-state index in [0.29, 0.717) is 13.1 Å². The molecule has 4 heterocycles. The molecular weight excluding hydrogens is 428 g/mol. The minimum absolute atomic E-state index is 0.0799. The number of anilines is 1. The lowest BCUT2D eigenvalue weighted by Crippen LogP contribution is -2.48. The number of aryl methyl sites for hydroxylation is 2. The first-order valence-corrected chi connectivity index (χ1v) is 11.5. The zero-order valence-electron chi connectivity index (χ0n) is 17.5. The molecule has 0 radical (unpaired) electrons. The number of carbonyl (C=O) groups excluding carboxylic acids is 1. The summed E-state index contributed by atoms with van der Waals surface area (Å²) in [6.07, 6.45) is 1.79. The molecule has 5 rings (SSSR count). The molecule has 1 aromatic carbocycles. The van der Waals surface area contributed by atoms with E-state index in [1.165, 1.54) is 11.3 Å². The van der Waals surface area contributed by atoms with Crippen LogP contribution in [0.1, 0.15) is 21.1 Å². The van der Waals surface area contributed by atoms with Gasteiger partial charge in [0.05, 0.1) is 5.69 Å². The van der Waals surface area contributed by atoms with Gasteiger partial charge in [-0.2, -0.15) is 0 Å². The third kappa shape index (κ3) is 3.60. The maximum absolute atomic E-state index is 13.7. The van der Waals surface area contributed by atoms with E-state index in [0.717, 1.165) is 56.0 Å². The van der Waals surface area contributed by atoms with Crippen LogP contribution in [-0.2, 0) is 0 Å². The molecule has 1 aliphatic rings. The van der Waals surface area contributed by atoms with Crippen LogP contribution in [-0.4, -0.2) is 46.5 Å². The Kier molecular flexibility index (Phi) is 5.20. The zero-order chi connectivity index (χ0) is 21.5. The molecule has 0 aliphatic carbocycles. The molecule has 3 aromatic heterocycles. The van der Waals surface area contributed by atoms with E-state index in [1.54, 1.807) is 6.20 Å². The van der Waals surface area contributed by atoms with Gasteiger partial charge in [-0.3, -0.25) is 4.79 Å². The highest BCUT2D eigenvalue weighted by atomic mass is 35.5.